The molecule has 0 bridgehead atoms. The number of carbonyl (C=O) groups is 3. The fourth-order valence-corrected chi connectivity index (χ4v) is 4.43. The molecule has 1 atom stereocenters. The van der Waals surface area contributed by atoms with Crippen LogP contribution >= 0.6 is 22.9 Å². The summed E-state index contributed by atoms with van der Waals surface area (Å²) in [5.41, 5.74) is 1.76. The third-order valence-electron chi connectivity index (χ3n) is 5.21. The van der Waals surface area contributed by atoms with Crippen molar-refractivity contribution in [2.75, 3.05) is 23.8 Å². The summed E-state index contributed by atoms with van der Waals surface area (Å²) in [7, 11) is 0. The average Bonchev–Trinajstić information content (AvgIpc) is 3.50. The summed E-state index contributed by atoms with van der Waals surface area (Å²) < 4.78 is 4.96. The minimum Gasteiger partial charge on any atom is -0.462 e. The number of hydrogen-bond donors (Lipinski definition) is 2. The van der Waals surface area contributed by atoms with Gasteiger partial charge in [0.05, 0.1) is 12.2 Å². The van der Waals surface area contributed by atoms with Crippen LogP contribution < -0.4 is 10.6 Å². The molecule has 2 aromatic carbocycles. The molecule has 9 nitrogen and oxygen atoms in total. The molecular weight excluding hydrogens is 478 g/mol. The number of halogens is 1. The first-order chi connectivity index (χ1) is 16.4. The predicted octanol–water partition coefficient (Wildman–Crippen LogP) is 4.67. The van der Waals surface area contributed by atoms with Gasteiger partial charge in [-0.05, 0) is 56.2 Å². The number of hydrogen-bond acceptors (Lipinski definition) is 7. The number of esters is 1. The van der Waals surface area contributed by atoms with Crippen molar-refractivity contribution in [2.24, 2.45) is 0 Å². The Balaban J connectivity index is 1.37. The van der Waals surface area contributed by atoms with E-state index in [2.05, 4.69) is 20.8 Å². The van der Waals surface area contributed by atoms with Crippen molar-refractivity contribution in [3.05, 3.63) is 59.1 Å². The van der Waals surface area contributed by atoms with E-state index >= 15 is 0 Å². The molecule has 0 radical (unpaired) electrons. The van der Waals surface area contributed by atoms with Crippen molar-refractivity contribution in [1.29, 1.82) is 0 Å². The zero-order valence-electron chi connectivity index (χ0n) is 18.3. The summed E-state index contributed by atoms with van der Waals surface area (Å²) in [4.78, 5) is 39.0. The predicted molar refractivity (Wildman–Crippen MR) is 130 cm³/mol. The number of likely N-dealkylation sites (tertiary alicyclic amines) is 1. The molecule has 176 valence electrons. The molecule has 1 unspecified atom stereocenters. The van der Waals surface area contributed by atoms with Crippen molar-refractivity contribution in [3.63, 3.8) is 0 Å². The minimum absolute atomic E-state index is 0.287. The van der Waals surface area contributed by atoms with Gasteiger partial charge in [0, 0.05) is 22.8 Å². The quantitative estimate of drug-likeness (QED) is 0.476. The van der Waals surface area contributed by atoms with Gasteiger partial charge in [-0.2, -0.15) is 0 Å². The van der Waals surface area contributed by atoms with Crippen molar-refractivity contribution in [2.45, 2.75) is 25.8 Å². The highest BCUT2D eigenvalue weighted by Crippen LogP contribution is 2.28. The molecule has 3 amide bonds. The van der Waals surface area contributed by atoms with Crippen LogP contribution in [-0.4, -0.2) is 52.2 Å². The molecule has 1 aromatic heterocycles. The highest BCUT2D eigenvalue weighted by Gasteiger charge is 2.34. The van der Waals surface area contributed by atoms with E-state index in [0.29, 0.717) is 45.8 Å². The van der Waals surface area contributed by atoms with Gasteiger partial charge in [-0.15, -0.1) is 10.2 Å². The summed E-state index contributed by atoms with van der Waals surface area (Å²) in [6.45, 7) is 2.48. The number of nitrogens with one attached hydrogen (secondary N) is 2. The molecule has 4 rings (SSSR count). The second kappa shape index (κ2) is 10.6. The Bertz CT molecular complexity index is 1180. The van der Waals surface area contributed by atoms with Crippen LogP contribution in [0.25, 0.3) is 10.6 Å². The van der Waals surface area contributed by atoms with Gasteiger partial charge in [-0.3, -0.25) is 10.1 Å². The van der Waals surface area contributed by atoms with Gasteiger partial charge in [0.2, 0.25) is 11.0 Å². The number of rotatable bonds is 6. The molecule has 11 heteroatoms. The lowest BCUT2D eigenvalue weighted by Gasteiger charge is -2.23. The van der Waals surface area contributed by atoms with E-state index in [1.165, 1.54) is 16.2 Å². The first kappa shape index (κ1) is 23.7. The van der Waals surface area contributed by atoms with Gasteiger partial charge in [0.25, 0.3) is 0 Å². The molecule has 2 N–H and O–H groups in total. The molecule has 0 spiro atoms. The van der Waals surface area contributed by atoms with Crippen LogP contribution in [-0.2, 0) is 9.53 Å². The van der Waals surface area contributed by atoms with E-state index < -0.39 is 12.0 Å². The second-order valence-corrected chi connectivity index (χ2v) is 8.90. The fraction of sp³-hybridized carbons (Fsp3) is 0.261. The maximum absolute atomic E-state index is 12.9. The van der Waals surface area contributed by atoms with E-state index in [9.17, 15) is 14.4 Å². The standard InChI is InChI=1S/C23H22ClN5O4S/c1-2-33-21(31)15-7-11-17(12-8-15)25-23(32)29-13-3-4-18(29)19(30)26-22-28-27-20(34-22)14-5-9-16(24)10-6-14/h5-12,18H,2-4,13H2,1H3,(H,25,32)(H,26,28,30). The lowest BCUT2D eigenvalue weighted by Crippen LogP contribution is -2.45. The van der Waals surface area contributed by atoms with Gasteiger partial charge in [0.15, 0.2) is 0 Å². The first-order valence-corrected chi connectivity index (χ1v) is 11.9. The highest BCUT2D eigenvalue weighted by molar-refractivity contribution is 7.18. The van der Waals surface area contributed by atoms with Gasteiger partial charge < -0.3 is 15.0 Å². The number of aromatic nitrogens is 2. The third-order valence-corrected chi connectivity index (χ3v) is 6.35. The number of nitrogens with zero attached hydrogens (tertiary/aromatic N) is 3. The molecule has 34 heavy (non-hydrogen) atoms. The van der Waals surface area contributed by atoms with E-state index in [-0.39, 0.29) is 18.5 Å². The molecule has 1 fully saturated rings. The van der Waals surface area contributed by atoms with Crippen molar-refractivity contribution in [3.8, 4) is 10.6 Å². The van der Waals surface area contributed by atoms with Crippen LogP contribution in [0.15, 0.2) is 48.5 Å². The van der Waals surface area contributed by atoms with Gasteiger partial charge >= 0.3 is 12.0 Å². The van der Waals surface area contributed by atoms with Gasteiger partial charge in [-0.1, -0.05) is 35.1 Å². The number of anilines is 2. The third kappa shape index (κ3) is 5.52. The van der Waals surface area contributed by atoms with E-state index in [4.69, 9.17) is 16.3 Å². The van der Waals surface area contributed by atoms with Crippen LogP contribution in [0, 0.1) is 0 Å². The molecular formula is C23H22ClN5O4S. The van der Waals surface area contributed by atoms with E-state index in [1.54, 1.807) is 43.3 Å². The maximum atomic E-state index is 12.9. The molecule has 0 aliphatic carbocycles. The zero-order chi connectivity index (χ0) is 24.1. The van der Waals surface area contributed by atoms with E-state index in [1.807, 2.05) is 12.1 Å². The molecule has 1 aliphatic rings. The van der Waals surface area contributed by atoms with Crippen molar-refractivity contribution < 1.29 is 19.1 Å². The summed E-state index contributed by atoms with van der Waals surface area (Å²) in [5.74, 6) is -0.739. The average molecular weight is 500 g/mol. The number of carbonyl (C=O) groups excluding carboxylic acids is 3. The smallest absolute Gasteiger partial charge is 0.338 e. The Labute approximate surface area is 205 Å². The SMILES string of the molecule is CCOC(=O)c1ccc(NC(=O)N2CCCC2C(=O)Nc2nnc(-c3ccc(Cl)cc3)s2)cc1. The molecule has 1 aliphatic heterocycles. The van der Waals surface area contributed by atoms with E-state index in [0.717, 1.165) is 5.56 Å². The van der Waals surface area contributed by atoms with Crippen molar-refractivity contribution >= 4 is 51.7 Å². The minimum atomic E-state index is -0.623. The topological polar surface area (TPSA) is 114 Å². The van der Waals surface area contributed by atoms with Crippen molar-refractivity contribution in [1.82, 2.24) is 15.1 Å². The fourth-order valence-electron chi connectivity index (χ4n) is 3.55. The molecule has 0 saturated carbocycles. The monoisotopic (exact) mass is 499 g/mol. The van der Waals surface area contributed by atoms with Crippen LogP contribution in [0.5, 0.6) is 0 Å². The maximum Gasteiger partial charge on any atom is 0.338 e. The summed E-state index contributed by atoms with van der Waals surface area (Å²) in [6.07, 6.45) is 1.25. The van der Waals surface area contributed by atoms with Crippen LogP contribution in [0.4, 0.5) is 15.6 Å². The number of benzene rings is 2. The Morgan fingerprint density at radius 2 is 1.82 bits per heavy atom. The molecule has 3 aromatic rings. The number of ether oxygens (including phenoxy) is 1. The summed E-state index contributed by atoms with van der Waals surface area (Å²) in [5, 5.41) is 15.4. The number of amides is 3. The number of urea groups is 1. The summed E-state index contributed by atoms with van der Waals surface area (Å²) in [6, 6.07) is 12.6. The largest absolute Gasteiger partial charge is 0.462 e. The summed E-state index contributed by atoms with van der Waals surface area (Å²) >= 11 is 7.17. The second-order valence-electron chi connectivity index (χ2n) is 7.49. The van der Waals surface area contributed by atoms with Crippen LogP contribution in [0.2, 0.25) is 5.02 Å². The first-order valence-electron chi connectivity index (χ1n) is 10.7. The lowest BCUT2D eigenvalue weighted by molar-refractivity contribution is -0.119. The Morgan fingerprint density at radius 1 is 1.09 bits per heavy atom. The van der Waals surface area contributed by atoms with Gasteiger partial charge in [-0.25, -0.2) is 9.59 Å². The lowest BCUT2D eigenvalue weighted by atomic mass is 10.2. The highest BCUT2D eigenvalue weighted by atomic mass is 35.5. The Kier molecular flexibility index (Phi) is 7.39. The Morgan fingerprint density at radius 3 is 2.53 bits per heavy atom. The zero-order valence-corrected chi connectivity index (χ0v) is 19.9. The molecule has 1 saturated heterocycles. The van der Waals surface area contributed by atoms with Crippen LogP contribution in [0.1, 0.15) is 30.1 Å². The van der Waals surface area contributed by atoms with Crippen LogP contribution in [0.3, 0.4) is 0 Å². The molecule has 2 heterocycles. The Hall–Kier alpha value is -3.50. The van der Waals surface area contributed by atoms with Gasteiger partial charge in [0.1, 0.15) is 11.0 Å². The normalized spacial score (nSPS) is 15.1.